The number of halogens is 1. The summed E-state index contributed by atoms with van der Waals surface area (Å²) in [7, 11) is -4.16. The van der Waals surface area contributed by atoms with Crippen LogP contribution in [0.3, 0.4) is 0 Å². The van der Waals surface area contributed by atoms with Gasteiger partial charge in [0.25, 0.3) is 10.0 Å². The third-order valence-corrected chi connectivity index (χ3v) is 9.81. The van der Waals surface area contributed by atoms with Crippen molar-refractivity contribution in [1.82, 2.24) is 10.2 Å². The zero-order valence-electron chi connectivity index (χ0n) is 25.9. The van der Waals surface area contributed by atoms with Crippen LogP contribution in [0.25, 0.3) is 0 Å². The molecule has 45 heavy (non-hydrogen) atoms. The SMILES string of the molecule is CCCCNC(=O)C(Cc1ccccc1)N(Cc1cccc(Cl)c1)C(=O)CN(c1cccc(C)c1C)S(=O)(=O)c1ccccc1. The van der Waals surface area contributed by atoms with Gasteiger partial charge in [-0.3, -0.25) is 13.9 Å². The van der Waals surface area contributed by atoms with Crippen molar-refractivity contribution in [2.24, 2.45) is 0 Å². The molecule has 2 amide bonds. The van der Waals surface area contributed by atoms with Crippen LogP contribution in [0.4, 0.5) is 5.69 Å². The van der Waals surface area contributed by atoms with Gasteiger partial charge in [-0.15, -0.1) is 0 Å². The van der Waals surface area contributed by atoms with Crippen LogP contribution in [0, 0.1) is 13.8 Å². The zero-order valence-corrected chi connectivity index (χ0v) is 27.5. The molecule has 9 heteroatoms. The van der Waals surface area contributed by atoms with Crippen molar-refractivity contribution in [1.29, 1.82) is 0 Å². The molecule has 0 aliphatic carbocycles. The molecule has 0 heterocycles. The number of benzene rings is 4. The van der Waals surface area contributed by atoms with Crippen molar-refractivity contribution in [3.8, 4) is 0 Å². The van der Waals surface area contributed by atoms with Gasteiger partial charge in [-0.1, -0.05) is 97.7 Å². The molecule has 236 valence electrons. The highest BCUT2D eigenvalue weighted by Crippen LogP contribution is 2.29. The molecule has 0 spiro atoms. The number of anilines is 1. The molecule has 0 fully saturated rings. The van der Waals surface area contributed by atoms with Crippen molar-refractivity contribution >= 4 is 39.1 Å². The first kappa shape index (κ1) is 33.7. The molecule has 0 aliphatic heterocycles. The molecule has 1 N–H and O–H groups in total. The zero-order chi connectivity index (χ0) is 32.4. The van der Waals surface area contributed by atoms with Gasteiger partial charge in [-0.25, -0.2) is 8.42 Å². The monoisotopic (exact) mass is 645 g/mol. The van der Waals surface area contributed by atoms with E-state index in [0.29, 0.717) is 17.3 Å². The Morgan fingerprint density at radius 3 is 2.16 bits per heavy atom. The average molecular weight is 646 g/mol. The highest BCUT2D eigenvalue weighted by Gasteiger charge is 2.35. The molecule has 1 atom stereocenters. The van der Waals surface area contributed by atoms with Crippen LogP contribution in [-0.2, 0) is 32.6 Å². The van der Waals surface area contributed by atoms with E-state index in [4.69, 9.17) is 11.6 Å². The summed E-state index contributed by atoms with van der Waals surface area (Å²) in [6, 6.07) is 29.2. The number of carbonyl (C=O) groups is 2. The van der Waals surface area contributed by atoms with E-state index in [9.17, 15) is 18.0 Å². The van der Waals surface area contributed by atoms with E-state index in [0.717, 1.165) is 39.4 Å². The van der Waals surface area contributed by atoms with Gasteiger partial charge in [0.2, 0.25) is 11.8 Å². The summed E-state index contributed by atoms with van der Waals surface area (Å²) in [5, 5.41) is 3.50. The molecular formula is C36H40ClN3O4S. The first-order valence-electron chi connectivity index (χ1n) is 15.1. The van der Waals surface area contributed by atoms with Crippen molar-refractivity contribution in [3.63, 3.8) is 0 Å². The molecule has 0 saturated heterocycles. The maximum atomic E-state index is 14.6. The lowest BCUT2D eigenvalue weighted by molar-refractivity contribution is -0.140. The van der Waals surface area contributed by atoms with Crippen LogP contribution in [0.15, 0.2) is 108 Å². The minimum Gasteiger partial charge on any atom is -0.354 e. The highest BCUT2D eigenvalue weighted by atomic mass is 35.5. The van der Waals surface area contributed by atoms with Crippen LogP contribution in [0.1, 0.15) is 42.0 Å². The van der Waals surface area contributed by atoms with Crippen LogP contribution < -0.4 is 9.62 Å². The lowest BCUT2D eigenvalue weighted by atomic mass is 10.0. The number of aryl methyl sites for hydroxylation is 1. The van der Waals surface area contributed by atoms with Gasteiger partial charge >= 0.3 is 0 Å². The fourth-order valence-corrected chi connectivity index (χ4v) is 6.84. The van der Waals surface area contributed by atoms with Gasteiger partial charge in [-0.05, 0) is 72.9 Å². The summed E-state index contributed by atoms with van der Waals surface area (Å²) in [5.74, 6) is -0.811. The van der Waals surface area contributed by atoms with Gasteiger partial charge in [0.05, 0.1) is 10.6 Å². The fraction of sp³-hybridized carbons (Fsp3) is 0.278. The smallest absolute Gasteiger partial charge is 0.264 e. The highest BCUT2D eigenvalue weighted by molar-refractivity contribution is 7.92. The van der Waals surface area contributed by atoms with E-state index >= 15 is 0 Å². The lowest BCUT2D eigenvalue weighted by Gasteiger charge is -2.34. The van der Waals surface area contributed by atoms with Crippen molar-refractivity contribution < 1.29 is 18.0 Å². The molecule has 0 radical (unpaired) electrons. The van der Waals surface area contributed by atoms with Crippen LogP contribution in [-0.4, -0.2) is 44.3 Å². The molecule has 4 rings (SSSR count). The van der Waals surface area contributed by atoms with Crippen molar-refractivity contribution in [2.45, 2.75) is 57.5 Å². The van der Waals surface area contributed by atoms with Crippen molar-refractivity contribution in [3.05, 3.63) is 130 Å². The van der Waals surface area contributed by atoms with E-state index in [1.807, 2.05) is 63.2 Å². The summed E-state index contributed by atoms with van der Waals surface area (Å²) in [4.78, 5) is 30.0. The van der Waals surface area contributed by atoms with E-state index in [-0.39, 0.29) is 23.8 Å². The molecule has 4 aromatic carbocycles. The van der Waals surface area contributed by atoms with Gasteiger partial charge in [0, 0.05) is 24.5 Å². The summed E-state index contributed by atoms with van der Waals surface area (Å²) < 4.78 is 29.5. The largest absolute Gasteiger partial charge is 0.354 e. The quantitative estimate of drug-likeness (QED) is 0.155. The Kier molecular flexibility index (Phi) is 11.8. The number of hydrogen-bond donors (Lipinski definition) is 1. The first-order valence-corrected chi connectivity index (χ1v) is 16.9. The molecule has 4 aromatic rings. The van der Waals surface area contributed by atoms with E-state index < -0.39 is 28.5 Å². The molecule has 0 saturated carbocycles. The second kappa shape index (κ2) is 15.7. The van der Waals surface area contributed by atoms with Crippen LogP contribution >= 0.6 is 11.6 Å². The number of nitrogens with zero attached hydrogens (tertiary/aromatic N) is 2. The van der Waals surface area contributed by atoms with Crippen LogP contribution in [0.2, 0.25) is 5.02 Å². The standard InChI is InChI=1S/C36H40ClN3O4S/c1-4-5-22-38-36(42)34(24-29-15-8-6-9-16-29)39(25-30-17-13-18-31(37)23-30)35(41)26-40(33-21-12-14-27(2)28(33)3)45(43,44)32-19-10-7-11-20-32/h6-21,23,34H,4-5,22,24-26H2,1-3H3,(H,38,42). The Bertz CT molecular complexity index is 1700. The maximum absolute atomic E-state index is 14.6. The third kappa shape index (κ3) is 8.74. The molecule has 0 aromatic heterocycles. The van der Waals surface area contributed by atoms with Gasteiger partial charge < -0.3 is 10.2 Å². The van der Waals surface area contributed by atoms with E-state index in [1.54, 1.807) is 48.5 Å². The number of unbranched alkanes of at least 4 members (excludes halogenated alkanes) is 1. The minimum absolute atomic E-state index is 0.0596. The second-order valence-corrected chi connectivity index (χ2v) is 13.3. The summed E-state index contributed by atoms with van der Waals surface area (Å²) in [6.07, 6.45) is 1.94. The van der Waals surface area contributed by atoms with Gasteiger partial charge in [0.15, 0.2) is 0 Å². The number of hydrogen-bond acceptors (Lipinski definition) is 4. The summed E-state index contributed by atoms with van der Waals surface area (Å²) >= 11 is 6.32. The van der Waals surface area contributed by atoms with Gasteiger partial charge in [-0.2, -0.15) is 0 Å². The van der Waals surface area contributed by atoms with E-state index in [1.165, 1.54) is 17.0 Å². The Labute approximate surface area is 271 Å². The van der Waals surface area contributed by atoms with E-state index in [2.05, 4.69) is 5.32 Å². The second-order valence-electron chi connectivity index (χ2n) is 11.0. The Morgan fingerprint density at radius 2 is 1.49 bits per heavy atom. The lowest BCUT2D eigenvalue weighted by Crippen LogP contribution is -2.53. The first-order chi connectivity index (χ1) is 21.6. The number of sulfonamides is 1. The predicted octanol–water partition coefficient (Wildman–Crippen LogP) is 6.71. The molecule has 1 unspecified atom stereocenters. The normalized spacial score (nSPS) is 11.9. The predicted molar refractivity (Wildman–Crippen MR) is 181 cm³/mol. The van der Waals surface area contributed by atoms with Crippen LogP contribution in [0.5, 0.6) is 0 Å². The average Bonchev–Trinajstić information content (AvgIpc) is 3.04. The number of nitrogens with one attached hydrogen (secondary N) is 1. The molecule has 0 aliphatic rings. The number of carbonyl (C=O) groups excluding carboxylic acids is 2. The summed E-state index contributed by atoms with van der Waals surface area (Å²) in [6.45, 7) is 5.80. The fourth-order valence-electron chi connectivity index (χ4n) is 5.13. The number of rotatable bonds is 14. The molecule has 0 bridgehead atoms. The van der Waals surface area contributed by atoms with Gasteiger partial charge in [0.1, 0.15) is 12.6 Å². The Balaban J connectivity index is 1.81. The maximum Gasteiger partial charge on any atom is 0.264 e. The minimum atomic E-state index is -4.16. The van der Waals surface area contributed by atoms with Crippen molar-refractivity contribution in [2.75, 3.05) is 17.4 Å². The number of amides is 2. The Morgan fingerprint density at radius 1 is 0.844 bits per heavy atom. The molecule has 7 nitrogen and oxygen atoms in total. The topological polar surface area (TPSA) is 86.8 Å². The Hall–Kier alpha value is -4.14. The summed E-state index contributed by atoms with van der Waals surface area (Å²) in [5.41, 5.74) is 3.63. The molecular weight excluding hydrogens is 606 g/mol. The third-order valence-electron chi connectivity index (χ3n) is 7.80.